The summed E-state index contributed by atoms with van der Waals surface area (Å²) in [5, 5.41) is 3.53. The fraction of sp³-hybridized carbons (Fsp3) is 0.571. The van der Waals surface area contributed by atoms with Gasteiger partial charge in [-0.05, 0) is 31.4 Å². The topological polar surface area (TPSA) is 24.5 Å². The van der Waals surface area contributed by atoms with Gasteiger partial charge >= 0.3 is 6.61 Å². The van der Waals surface area contributed by atoms with Crippen molar-refractivity contribution in [2.24, 2.45) is 0 Å². The van der Waals surface area contributed by atoms with Crippen LogP contribution in [0.15, 0.2) is 12.1 Å². The van der Waals surface area contributed by atoms with Crippen molar-refractivity contribution in [3.8, 4) is 5.75 Å². The van der Waals surface area contributed by atoms with Crippen LogP contribution < -0.4 is 10.1 Å². The van der Waals surface area contributed by atoms with Crippen molar-refractivity contribution < 1.29 is 13.5 Å². The molecule has 1 saturated heterocycles. The van der Waals surface area contributed by atoms with Crippen LogP contribution in [0.1, 0.15) is 19.3 Å². The first-order valence-corrected chi connectivity index (χ1v) is 7.73. The summed E-state index contributed by atoms with van der Waals surface area (Å²) in [5.74, 6) is -0.176. The zero-order valence-corrected chi connectivity index (χ0v) is 12.8. The van der Waals surface area contributed by atoms with Gasteiger partial charge in [0.05, 0.1) is 10.0 Å². The van der Waals surface area contributed by atoms with Crippen LogP contribution in [-0.4, -0.2) is 36.7 Å². The van der Waals surface area contributed by atoms with Gasteiger partial charge in [-0.25, -0.2) is 0 Å². The number of ether oxygens (including phenoxy) is 1. The van der Waals surface area contributed by atoms with E-state index in [0.717, 1.165) is 31.2 Å². The molecule has 3 nitrogen and oxygen atoms in total. The van der Waals surface area contributed by atoms with E-state index < -0.39 is 6.61 Å². The Balaban J connectivity index is 1.65. The van der Waals surface area contributed by atoms with Gasteiger partial charge in [0.15, 0.2) is 5.75 Å². The largest absolute Gasteiger partial charge is 0.432 e. The lowest BCUT2D eigenvalue weighted by molar-refractivity contribution is -0.0497. The van der Waals surface area contributed by atoms with Gasteiger partial charge < -0.3 is 10.1 Å². The molecule has 0 amide bonds. The molecule has 1 aromatic rings. The molecule has 1 unspecified atom stereocenters. The van der Waals surface area contributed by atoms with Crippen molar-refractivity contribution in [1.82, 2.24) is 4.90 Å². The molecule has 1 aliphatic heterocycles. The lowest BCUT2D eigenvalue weighted by Gasteiger charge is -2.18. The number of likely N-dealkylation sites (tertiary alicyclic amines) is 1. The van der Waals surface area contributed by atoms with E-state index in [1.54, 1.807) is 12.1 Å². The Morgan fingerprint density at radius 1 is 1.19 bits per heavy atom. The van der Waals surface area contributed by atoms with E-state index in [9.17, 15) is 8.78 Å². The van der Waals surface area contributed by atoms with Crippen LogP contribution in [0.25, 0.3) is 0 Å². The smallest absolute Gasteiger partial charge is 0.387 e. The van der Waals surface area contributed by atoms with E-state index >= 15 is 0 Å². The van der Waals surface area contributed by atoms with E-state index in [1.807, 2.05) is 0 Å². The summed E-state index contributed by atoms with van der Waals surface area (Å²) < 4.78 is 28.9. The van der Waals surface area contributed by atoms with Crippen LogP contribution in [0, 0.1) is 0 Å². The van der Waals surface area contributed by atoms with Gasteiger partial charge in [0.2, 0.25) is 0 Å². The number of alkyl halides is 2. The molecular formula is C14H16Cl2F2N2O. The molecule has 1 N–H and O–H groups in total. The number of halogens is 4. The molecule has 1 heterocycles. The first kappa shape index (κ1) is 15.1. The summed E-state index contributed by atoms with van der Waals surface area (Å²) in [6, 6.07) is 4.24. The standard InChI is InChI=1S/C14H16Cl2F2N2O/c15-11-5-9(6-12(16)13(11)21-14(17)18)19-8-3-4-20(7-8)10-1-2-10/h5-6,8,10,14,19H,1-4,7H2. The van der Waals surface area contributed by atoms with Gasteiger partial charge in [-0.1, -0.05) is 23.2 Å². The van der Waals surface area contributed by atoms with Crippen LogP contribution in [0.5, 0.6) is 5.75 Å². The number of nitrogens with one attached hydrogen (secondary N) is 1. The Bertz CT molecular complexity index is 503. The molecular weight excluding hydrogens is 321 g/mol. The summed E-state index contributed by atoms with van der Waals surface area (Å²) >= 11 is 11.9. The number of anilines is 1. The number of nitrogens with zero attached hydrogens (tertiary/aromatic N) is 1. The maximum atomic E-state index is 12.3. The Morgan fingerprint density at radius 3 is 2.43 bits per heavy atom. The van der Waals surface area contributed by atoms with Crippen LogP contribution in [0.4, 0.5) is 14.5 Å². The molecule has 2 fully saturated rings. The van der Waals surface area contributed by atoms with Crippen molar-refractivity contribution in [1.29, 1.82) is 0 Å². The summed E-state index contributed by atoms with van der Waals surface area (Å²) in [6.45, 7) is -0.855. The Labute approximate surface area is 132 Å². The average Bonchev–Trinajstić information content (AvgIpc) is 3.15. The molecule has 116 valence electrons. The third-order valence-corrected chi connectivity index (χ3v) is 4.42. The molecule has 1 atom stereocenters. The van der Waals surface area contributed by atoms with Crippen molar-refractivity contribution >= 4 is 28.9 Å². The highest BCUT2D eigenvalue weighted by molar-refractivity contribution is 6.37. The highest BCUT2D eigenvalue weighted by Crippen LogP contribution is 2.38. The molecule has 0 aromatic heterocycles. The fourth-order valence-corrected chi connectivity index (χ4v) is 3.33. The van der Waals surface area contributed by atoms with Crippen LogP contribution >= 0.6 is 23.2 Å². The van der Waals surface area contributed by atoms with Crippen LogP contribution in [0.3, 0.4) is 0 Å². The fourth-order valence-electron chi connectivity index (χ4n) is 2.76. The monoisotopic (exact) mass is 336 g/mol. The van der Waals surface area contributed by atoms with Crippen molar-refractivity contribution in [2.75, 3.05) is 18.4 Å². The van der Waals surface area contributed by atoms with Gasteiger partial charge in [-0.3, -0.25) is 4.90 Å². The van der Waals surface area contributed by atoms with Gasteiger partial charge in [0.1, 0.15) is 0 Å². The predicted molar refractivity (Wildman–Crippen MR) is 79.7 cm³/mol. The molecule has 1 aromatic carbocycles. The highest BCUT2D eigenvalue weighted by atomic mass is 35.5. The Morgan fingerprint density at radius 2 is 1.86 bits per heavy atom. The molecule has 21 heavy (non-hydrogen) atoms. The first-order valence-electron chi connectivity index (χ1n) is 6.97. The van der Waals surface area contributed by atoms with Gasteiger partial charge in [-0.15, -0.1) is 0 Å². The Kier molecular flexibility index (Phi) is 4.43. The molecule has 0 radical (unpaired) electrons. The molecule has 7 heteroatoms. The van der Waals surface area contributed by atoms with Crippen molar-refractivity contribution in [3.63, 3.8) is 0 Å². The lowest BCUT2D eigenvalue weighted by Crippen LogP contribution is -2.27. The predicted octanol–water partition coefficient (Wildman–Crippen LogP) is 4.24. The van der Waals surface area contributed by atoms with E-state index in [-0.39, 0.29) is 15.8 Å². The average molecular weight is 337 g/mol. The molecule has 1 saturated carbocycles. The molecule has 1 aliphatic carbocycles. The minimum absolute atomic E-state index is 0.0855. The van der Waals surface area contributed by atoms with Crippen molar-refractivity contribution in [2.45, 2.75) is 38.0 Å². The van der Waals surface area contributed by atoms with E-state index in [1.165, 1.54) is 12.8 Å². The minimum Gasteiger partial charge on any atom is -0.432 e. The second kappa shape index (κ2) is 6.15. The number of hydrogen-bond acceptors (Lipinski definition) is 3. The third-order valence-electron chi connectivity index (χ3n) is 3.86. The van der Waals surface area contributed by atoms with Crippen LogP contribution in [-0.2, 0) is 0 Å². The molecule has 3 rings (SSSR count). The summed E-state index contributed by atoms with van der Waals surface area (Å²) in [4.78, 5) is 2.48. The number of rotatable bonds is 5. The van der Waals surface area contributed by atoms with Gasteiger partial charge in [-0.2, -0.15) is 8.78 Å². The summed E-state index contributed by atoms with van der Waals surface area (Å²) in [7, 11) is 0. The summed E-state index contributed by atoms with van der Waals surface area (Å²) in [6.07, 6.45) is 3.65. The normalized spacial score (nSPS) is 22.8. The zero-order chi connectivity index (χ0) is 15.0. The quantitative estimate of drug-likeness (QED) is 0.870. The molecule has 2 aliphatic rings. The zero-order valence-electron chi connectivity index (χ0n) is 11.3. The van der Waals surface area contributed by atoms with E-state index in [2.05, 4.69) is 15.0 Å². The van der Waals surface area contributed by atoms with E-state index in [4.69, 9.17) is 23.2 Å². The Hall–Kier alpha value is -0.780. The second-order valence-electron chi connectivity index (χ2n) is 5.50. The maximum Gasteiger partial charge on any atom is 0.387 e. The SMILES string of the molecule is FC(F)Oc1c(Cl)cc(NC2CCN(C3CC3)C2)cc1Cl. The van der Waals surface area contributed by atoms with E-state index in [0.29, 0.717) is 6.04 Å². The highest BCUT2D eigenvalue weighted by Gasteiger charge is 2.34. The molecule has 0 spiro atoms. The van der Waals surface area contributed by atoms with Crippen LogP contribution in [0.2, 0.25) is 10.0 Å². The third kappa shape index (κ3) is 3.71. The number of benzene rings is 1. The maximum absolute atomic E-state index is 12.3. The first-order chi connectivity index (χ1) is 10.0. The number of hydrogen-bond donors (Lipinski definition) is 1. The van der Waals surface area contributed by atoms with Crippen molar-refractivity contribution in [3.05, 3.63) is 22.2 Å². The summed E-state index contributed by atoms with van der Waals surface area (Å²) in [5.41, 5.74) is 0.731. The molecule has 0 bridgehead atoms. The minimum atomic E-state index is -2.94. The second-order valence-corrected chi connectivity index (χ2v) is 6.32. The van der Waals surface area contributed by atoms with Gasteiger partial charge in [0, 0.05) is 30.9 Å². The van der Waals surface area contributed by atoms with Gasteiger partial charge in [0.25, 0.3) is 0 Å². The lowest BCUT2D eigenvalue weighted by atomic mass is 10.2.